The van der Waals surface area contributed by atoms with Crippen LogP contribution in [0.25, 0.3) is 21.1 Å². The molecule has 0 unspecified atom stereocenters. The van der Waals surface area contributed by atoms with Gasteiger partial charge in [-0.1, -0.05) is 13.3 Å². The Bertz CT molecular complexity index is 1490. The van der Waals surface area contributed by atoms with Crippen LogP contribution in [-0.4, -0.2) is 62.8 Å². The second-order valence-corrected chi connectivity index (χ2v) is 10.0. The first-order chi connectivity index (χ1) is 17.4. The first-order valence-electron chi connectivity index (χ1n) is 11.6. The van der Waals surface area contributed by atoms with Crippen LogP contribution in [0, 0.1) is 0 Å². The van der Waals surface area contributed by atoms with Crippen LogP contribution in [0.3, 0.4) is 0 Å². The van der Waals surface area contributed by atoms with Gasteiger partial charge in [-0.3, -0.25) is 9.59 Å². The van der Waals surface area contributed by atoms with Crippen molar-refractivity contribution < 1.29 is 14.3 Å². The van der Waals surface area contributed by atoms with Crippen molar-refractivity contribution in [2.45, 2.75) is 32.7 Å². The zero-order chi connectivity index (χ0) is 25.4. The molecule has 1 atom stereocenters. The maximum atomic E-state index is 13.0. The van der Waals surface area contributed by atoms with Gasteiger partial charge in [0.2, 0.25) is 17.0 Å². The normalized spacial score (nSPS) is 15.2. The number of halogens is 1. The summed E-state index contributed by atoms with van der Waals surface area (Å²) in [6.07, 6.45) is 4.66. The maximum absolute atomic E-state index is 13.0. The van der Waals surface area contributed by atoms with Crippen molar-refractivity contribution in [3.63, 3.8) is 0 Å². The fourth-order valence-electron chi connectivity index (χ4n) is 4.00. The number of rotatable bonds is 6. The maximum Gasteiger partial charge on any atom is 0.263 e. The monoisotopic (exact) mass is 525 g/mol. The fourth-order valence-corrected chi connectivity index (χ4v) is 5.21. The molecule has 0 spiro atoms. The zero-order valence-electron chi connectivity index (χ0n) is 20.0. The summed E-state index contributed by atoms with van der Waals surface area (Å²) in [5.41, 5.74) is 2.16. The first kappa shape index (κ1) is 24.1. The van der Waals surface area contributed by atoms with E-state index in [-0.39, 0.29) is 40.5 Å². The van der Waals surface area contributed by atoms with Gasteiger partial charge in [-0.15, -0.1) is 11.3 Å². The van der Waals surface area contributed by atoms with Gasteiger partial charge in [-0.25, -0.2) is 15.0 Å². The number of anilines is 1. The number of hydrogen-bond acceptors (Lipinski definition) is 9. The molecule has 2 amide bonds. The molecule has 1 aromatic carbocycles. The van der Waals surface area contributed by atoms with Gasteiger partial charge in [-0.05, 0) is 37.1 Å². The molecule has 2 N–H and O–H groups in total. The minimum absolute atomic E-state index is 0.00539. The molecule has 0 bridgehead atoms. The van der Waals surface area contributed by atoms with E-state index in [1.165, 1.54) is 23.7 Å². The highest BCUT2D eigenvalue weighted by Crippen LogP contribution is 2.40. The van der Waals surface area contributed by atoms with Crippen LogP contribution >= 0.6 is 22.9 Å². The molecule has 1 aliphatic heterocycles. The van der Waals surface area contributed by atoms with Gasteiger partial charge in [0, 0.05) is 42.5 Å². The molecule has 0 radical (unpaired) electrons. The number of nitrogens with zero attached hydrogens (tertiary/aromatic N) is 5. The first-order valence-corrected chi connectivity index (χ1v) is 12.8. The molecule has 4 heterocycles. The molecule has 5 rings (SSSR count). The highest BCUT2D eigenvalue weighted by atomic mass is 35.5. The number of hydrogen-bond donors (Lipinski definition) is 2. The molecule has 36 heavy (non-hydrogen) atoms. The largest absolute Gasteiger partial charge is 0.418 e. The summed E-state index contributed by atoms with van der Waals surface area (Å²) < 4.78 is 6.83. The number of nitrogens with one attached hydrogen (secondary N) is 2. The molecule has 0 aliphatic carbocycles. The molecule has 3 aromatic heterocycles. The topological polar surface area (TPSA) is 122 Å². The number of benzene rings is 1. The predicted molar refractivity (Wildman–Crippen MR) is 139 cm³/mol. The number of ether oxygens (including phenoxy) is 1. The lowest BCUT2D eigenvalue weighted by Gasteiger charge is -2.18. The minimum atomic E-state index is -0.273. The third-order valence-electron chi connectivity index (χ3n) is 5.86. The predicted octanol–water partition coefficient (Wildman–Crippen LogP) is 4.50. The van der Waals surface area contributed by atoms with Crippen molar-refractivity contribution in [1.82, 2.24) is 30.2 Å². The number of amides is 2. The van der Waals surface area contributed by atoms with Gasteiger partial charge < -0.3 is 20.3 Å². The van der Waals surface area contributed by atoms with E-state index in [0.717, 1.165) is 28.6 Å². The molecule has 12 heteroatoms. The van der Waals surface area contributed by atoms with Gasteiger partial charge in [0.1, 0.15) is 10.4 Å². The number of unbranched alkanes of at least 4 members (excludes halogenated alkanes) is 1. The number of thiophene rings is 1. The lowest BCUT2D eigenvalue weighted by molar-refractivity contribution is 0.0789. The van der Waals surface area contributed by atoms with Crippen LogP contribution in [0.15, 0.2) is 24.5 Å². The smallest absolute Gasteiger partial charge is 0.263 e. The van der Waals surface area contributed by atoms with Crippen LogP contribution in [-0.2, 0) is 0 Å². The van der Waals surface area contributed by atoms with Gasteiger partial charge in [0.05, 0.1) is 22.9 Å². The average molecular weight is 526 g/mol. The third-order valence-corrected chi connectivity index (χ3v) is 7.20. The molecule has 1 aliphatic rings. The summed E-state index contributed by atoms with van der Waals surface area (Å²) in [6, 6.07) is 3.74. The molecule has 10 nitrogen and oxygen atoms in total. The standard InChI is InChI=1S/C24H24ClN7O3S/c1-4-5-8-32(3)23(34)13-10-28-24(25)31-22(13)35-16-11-27-18-14(30-16)6-7-15-17(18)19-20(36-15)21(33)29-12(2)9-26-19/h6-7,10-12,26H,4-5,8-9H2,1-3H3,(H,29,33)/t12-/m1/s1. The van der Waals surface area contributed by atoms with Crippen molar-refractivity contribution in [3.05, 3.63) is 40.3 Å². The number of carbonyl (C=O) groups excluding carboxylic acids is 2. The fraction of sp³-hybridized carbons (Fsp3) is 0.333. The quantitative estimate of drug-likeness (QED) is 0.353. The summed E-state index contributed by atoms with van der Waals surface area (Å²) >= 11 is 7.41. The molecule has 0 saturated carbocycles. The summed E-state index contributed by atoms with van der Waals surface area (Å²) in [5, 5.41) is 7.15. The van der Waals surface area contributed by atoms with E-state index in [2.05, 4.69) is 37.5 Å². The Kier molecular flexibility index (Phi) is 6.59. The van der Waals surface area contributed by atoms with Crippen LogP contribution in [0.4, 0.5) is 5.69 Å². The Hall–Kier alpha value is -3.57. The summed E-state index contributed by atoms with van der Waals surface area (Å²) in [7, 11) is 1.72. The lowest BCUT2D eigenvalue weighted by atomic mass is 10.1. The summed E-state index contributed by atoms with van der Waals surface area (Å²) in [4.78, 5) is 45.1. The molecule has 186 valence electrons. The van der Waals surface area contributed by atoms with E-state index in [4.69, 9.17) is 16.3 Å². The van der Waals surface area contributed by atoms with Crippen molar-refractivity contribution in [3.8, 4) is 11.8 Å². The van der Waals surface area contributed by atoms with Crippen molar-refractivity contribution >= 4 is 61.6 Å². The SMILES string of the molecule is CCCCN(C)C(=O)c1cnc(Cl)nc1Oc1cnc2c(ccc3sc4c(c32)NC[C@@H](C)NC4=O)n1. The van der Waals surface area contributed by atoms with Crippen molar-refractivity contribution in [2.24, 2.45) is 0 Å². The highest BCUT2D eigenvalue weighted by molar-refractivity contribution is 7.21. The molecule has 0 fully saturated rings. The Morgan fingerprint density at radius 3 is 2.92 bits per heavy atom. The van der Waals surface area contributed by atoms with Crippen molar-refractivity contribution in [1.29, 1.82) is 0 Å². The third kappa shape index (κ3) is 4.51. The minimum Gasteiger partial charge on any atom is -0.418 e. The Balaban J connectivity index is 1.51. The van der Waals surface area contributed by atoms with Gasteiger partial charge in [-0.2, -0.15) is 4.98 Å². The summed E-state index contributed by atoms with van der Waals surface area (Å²) in [6.45, 7) is 5.21. The Labute approximate surface area is 216 Å². The second-order valence-electron chi connectivity index (χ2n) is 8.62. The summed E-state index contributed by atoms with van der Waals surface area (Å²) in [5.74, 6) is -0.214. The average Bonchev–Trinajstić information content (AvgIpc) is 3.18. The van der Waals surface area contributed by atoms with Crippen molar-refractivity contribution in [2.75, 3.05) is 25.5 Å². The highest BCUT2D eigenvalue weighted by Gasteiger charge is 2.26. The Morgan fingerprint density at radius 2 is 2.11 bits per heavy atom. The number of carbonyl (C=O) groups is 2. The number of aromatic nitrogens is 4. The zero-order valence-corrected chi connectivity index (χ0v) is 21.5. The molecular formula is C24H24ClN7O3S. The Morgan fingerprint density at radius 1 is 1.28 bits per heavy atom. The van der Waals surface area contributed by atoms with Crippen LogP contribution in [0.5, 0.6) is 11.8 Å². The molecule has 4 aromatic rings. The number of fused-ring (bicyclic) bond motifs is 5. The van der Waals surface area contributed by atoms with E-state index in [1.807, 2.05) is 19.1 Å². The van der Waals surface area contributed by atoms with Crippen LogP contribution in [0.1, 0.15) is 46.7 Å². The van der Waals surface area contributed by atoms with Gasteiger partial charge in [0.15, 0.2) is 0 Å². The van der Waals surface area contributed by atoms with E-state index < -0.39 is 0 Å². The van der Waals surface area contributed by atoms with E-state index in [9.17, 15) is 9.59 Å². The molecule has 0 saturated heterocycles. The second kappa shape index (κ2) is 9.82. The molecular weight excluding hydrogens is 502 g/mol. The van der Waals surface area contributed by atoms with Gasteiger partial charge in [0.25, 0.3) is 11.8 Å². The van der Waals surface area contributed by atoms with E-state index >= 15 is 0 Å². The van der Waals surface area contributed by atoms with E-state index in [1.54, 1.807) is 11.9 Å². The van der Waals surface area contributed by atoms with Crippen LogP contribution < -0.4 is 15.4 Å². The van der Waals surface area contributed by atoms with Crippen LogP contribution in [0.2, 0.25) is 5.28 Å². The van der Waals surface area contributed by atoms with Gasteiger partial charge >= 0.3 is 0 Å². The van der Waals surface area contributed by atoms with E-state index in [0.29, 0.717) is 29.0 Å². The lowest BCUT2D eigenvalue weighted by Crippen LogP contribution is -2.34.